The fourth-order valence-corrected chi connectivity index (χ4v) is 9.11. The quantitative estimate of drug-likeness (QED) is 0.0476. The first-order valence-electron chi connectivity index (χ1n) is 21.9. The van der Waals surface area contributed by atoms with Crippen LogP contribution >= 0.6 is 0 Å². The van der Waals surface area contributed by atoms with Crippen LogP contribution in [0.1, 0.15) is 67.4 Å². The zero-order chi connectivity index (χ0) is 60.6. The van der Waals surface area contributed by atoms with Gasteiger partial charge in [-0.3, -0.25) is 4.79 Å². The minimum Gasteiger partial charge on any atom is -0.494 e. The summed E-state index contributed by atoms with van der Waals surface area (Å²) >= 11 is 0. The number of carbonyl (C=O) groups is 1. The molecule has 0 fully saturated rings. The van der Waals surface area contributed by atoms with E-state index in [2.05, 4.69) is 11.2 Å². The third kappa shape index (κ3) is 15.6. The Bertz CT molecular complexity index is 2880. The molecule has 0 aliphatic rings. The number of hydrogen-bond acceptors (Lipinski definition) is 3. The topological polar surface area (TPSA) is 43.4 Å². The Morgan fingerprint density at radius 2 is 0.688 bits per heavy atom. The van der Waals surface area contributed by atoms with E-state index in [4.69, 9.17) is 4.74 Å². The molecular formula is C51H31BF24O3S. The molecule has 0 heterocycles. The molecule has 3 nitrogen and oxygen atoms in total. The first-order valence-corrected chi connectivity index (χ1v) is 24.1. The van der Waals surface area contributed by atoms with Crippen molar-refractivity contribution in [3.8, 4) is 16.9 Å². The zero-order valence-electron chi connectivity index (χ0n) is 39.8. The molecule has 0 aliphatic heterocycles. The lowest BCUT2D eigenvalue weighted by Gasteiger charge is -2.46. The monoisotopic (exact) mass is 1190 g/mol. The zero-order valence-corrected chi connectivity index (χ0v) is 40.6. The van der Waals surface area contributed by atoms with Crippen LogP contribution in [0.15, 0.2) is 127 Å². The van der Waals surface area contributed by atoms with E-state index in [1.54, 1.807) is 24.3 Å². The number of hydrogen-bond donors (Lipinski definition) is 0. The van der Waals surface area contributed by atoms with Gasteiger partial charge in [-0.2, -0.15) is 127 Å². The van der Waals surface area contributed by atoms with Crippen LogP contribution in [-0.4, -0.2) is 30.5 Å². The van der Waals surface area contributed by atoms with Gasteiger partial charge in [0.05, 0.1) is 51.1 Å². The average molecular weight is 1190 g/mol. The molecule has 1 atom stereocenters. The summed E-state index contributed by atoms with van der Waals surface area (Å²) < 4.78 is 359. The van der Waals surface area contributed by atoms with E-state index in [-0.39, 0.29) is 11.5 Å². The summed E-state index contributed by atoms with van der Waals surface area (Å²) in [4.78, 5) is 12.3. The summed E-state index contributed by atoms with van der Waals surface area (Å²) in [5.41, 5.74) is -28.9. The third-order valence-corrected chi connectivity index (χ3v) is 12.9. The maximum atomic E-state index is 14.2. The maximum absolute atomic E-state index is 14.2. The Balaban J connectivity index is 0.000000424. The van der Waals surface area contributed by atoms with Crippen LogP contribution < -0.4 is 26.6 Å². The number of alkyl halides is 24. The molecule has 0 aromatic heterocycles. The number of benzene rings is 6. The summed E-state index contributed by atoms with van der Waals surface area (Å²) in [6.07, 6.45) is -53.3. The van der Waals surface area contributed by atoms with Crippen molar-refractivity contribution in [1.82, 2.24) is 0 Å². The van der Waals surface area contributed by atoms with Gasteiger partial charge in [0.15, 0.2) is 20.9 Å². The Morgan fingerprint density at radius 3 is 0.925 bits per heavy atom. The van der Waals surface area contributed by atoms with Crippen molar-refractivity contribution in [2.24, 2.45) is 0 Å². The van der Waals surface area contributed by atoms with Crippen LogP contribution in [0.4, 0.5) is 105 Å². The number of Topliss-reactive ketones (excluding diaryl/α,β-unsaturated/α-hetero) is 1. The van der Waals surface area contributed by atoms with Crippen molar-refractivity contribution in [3.63, 3.8) is 0 Å². The highest BCUT2D eigenvalue weighted by Gasteiger charge is 2.47. The minimum absolute atomic E-state index is 0.0825. The van der Waals surface area contributed by atoms with Crippen molar-refractivity contribution in [2.75, 3.05) is 18.6 Å². The Labute approximate surface area is 436 Å². The number of halogens is 24. The van der Waals surface area contributed by atoms with E-state index in [0.717, 1.165) is 5.56 Å². The summed E-state index contributed by atoms with van der Waals surface area (Å²) in [6, 6.07) is 7.36. The first-order chi connectivity index (χ1) is 36.3. The summed E-state index contributed by atoms with van der Waals surface area (Å²) in [5.74, 6) is 3.32. The molecule has 0 radical (unpaired) electrons. The molecule has 29 heteroatoms. The van der Waals surface area contributed by atoms with E-state index >= 15 is 0 Å². The van der Waals surface area contributed by atoms with E-state index in [0.29, 0.717) is 17.9 Å². The van der Waals surface area contributed by atoms with Gasteiger partial charge in [0.2, 0.25) is 5.78 Å². The van der Waals surface area contributed by atoms with Crippen molar-refractivity contribution >= 4 is 43.7 Å². The molecule has 0 saturated heterocycles. The molecule has 6 aromatic rings. The number of rotatable bonds is 9. The van der Waals surface area contributed by atoms with Gasteiger partial charge in [0.25, 0.3) is 0 Å². The van der Waals surface area contributed by atoms with E-state index in [9.17, 15) is 114 Å². The van der Waals surface area contributed by atoms with Gasteiger partial charge in [-0.1, -0.05) is 70.9 Å². The van der Waals surface area contributed by atoms with Gasteiger partial charge in [-0.15, -0.1) is 0 Å². The third-order valence-electron chi connectivity index (χ3n) is 11.5. The number of ketones is 1. The summed E-state index contributed by atoms with van der Waals surface area (Å²) in [7, 11) is -2.54. The van der Waals surface area contributed by atoms with E-state index < -0.39 is 205 Å². The highest BCUT2D eigenvalue weighted by atomic mass is 32.2. The van der Waals surface area contributed by atoms with Gasteiger partial charge in [0.1, 0.15) is 18.2 Å². The highest BCUT2D eigenvalue weighted by molar-refractivity contribution is 8.07. The second-order valence-electron chi connectivity index (χ2n) is 17.3. The second kappa shape index (κ2) is 22.4. The van der Waals surface area contributed by atoms with Crippen molar-refractivity contribution in [2.45, 2.75) is 56.3 Å². The molecule has 0 N–H and O–H groups in total. The normalized spacial score (nSPS) is 13.8. The molecule has 430 valence electrons. The smallest absolute Gasteiger partial charge is 0.416 e. The van der Waals surface area contributed by atoms with Crippen molar-refractivity contribution in [1.29, 1.82) is 0 Å². The largest absolute Gasteiger partial charge is 0.494 e. The minimum atomic E-state index is -6.13. The second-order valence-corrected chi connectivity index (χ2v) is 19.8. The highest BCUT2D eigenvalue weighted by Crippen LogP contribution is 2.41. The summed E-state index contributed by atoms with van der Waals surface area (Å²) in [6.45, 7) is 2.47. The molecule has 0 bridgehead atoms. The van der Waals surface area contributed by atoms with Crippen LogP contribution in [-0.2, 0) is 63.6 Å². The Hall–Kier alpha value is -7.12. The molecular weight excluding hydrogens is 1160 g/mol. The fraction of sp³-hybridized carbons (Fsp3) is 0.235. The fourth-order valence-electron chi connectivity index (χ4n) is 8.03. The molecule has 0 spiro atoms. The number of ether oxygens (including phenoxy) is 1. The van der Waals surface area contributed by atoms with Crippen LogP contribution in [0.3, 0.4) is 0 Å². The van der Waals surface area contributed by atoms with Crippen LogP contribution in [0.25, 0.3) is 0 Å². The molecule has 6 rings (SSSR count). The van der Waals surface area contributed by atoms with Crippen LogP contribution in [0, 0.1) is 11.2 Å². The van der Waals surface area contributed by atoms with Crippen molar-refractivity contribution < 1.29 is 119 Å². The molecule has 80 heavy (non-hydrogen) atoms. The molecule has 0 saturated carbocycles. The standard InChI is InChI=1S/C32H12BF24.C19H19O3S/c34-25(35,36)13-1-14(26(37,38)39)6-21(5-13)33(22-7-15(27(40,41)42)2-16(8-22)28(43,44)45,23-9-17(29(46,47)48)3-18(10-23)30(49,50)51)24-11-19(31(52,53)54)4-20(12-24)32(55,56)57;1-3-22-18-11-9-17(10-12-18)19(20)15-23(2,21)14-13-16-7-5-4-6-8-16/h1-12H;4-12H,3,15H2,1-2H3/q-1;+1. The van der Waals surface area contributed by atoms with Crippen molar-refractivity contribution in [3.05, 3.63) is 183 Å². The van der Waals surface area contributed by atoms with Crippen LogP contribution in [0.2, 0.25) is 0 Å². The van der Waals surface area contributed by atoms with E-state index in [1.165, 1.54) is 6.26 Å². The summed E-state index contributed by atoms with van der Waals surface area (Å²) in [5, 5.41) is 2.74. The lowest BCUT2D eigenvalue weighted by molar-refractivity contribution is -0.144. The lowest BCUT2D eigenvalue weighted by atomic mass is 9.12. The predicted molar refractivity (Wildman–Crippen MR) is 244 cm³/mol. The van der Waals surface area contributed by atoms with Gasteiger partial charge < -0.3 is 4.74 Å². The van der Waals surface area contributed by atoms with Gasteiger partial charge in [-0.25, -0.2) is 0 Å². The Kier molecular flexibility index (Phi) is 17.9. The van der Waals surface area contributed by atoms with Crippen LogP contribution in [0.5, 0.6) is 5.75 Å². The maximum Gasteiger partial charge on any atom is 0.416 e. The molecule has 6 aromatic carbocycles. The average Bonchev–Trinajstić information content (AvgIpc) is 3.32. The van der Waals surface area contributed by atoms with E-state index in [1.807, 2.05) is 37.3 Å². The molecule has 0 aliphatic carbocycles. The first kappa shape index (κ1) is 63.7. The van der Waals surface area contributed by atoms with Gasteiger partial charge in [-0.05, 0) is 73.5 Å². The number of carbonyl (C=O) groups excluding carboxylic acids is 1. The van der Waals surface area contributed by atoms with Gasteiger partial charge >= 0.3 is 49.4 Å². The van der Waals surface area contributed by atoms with Gasteiger partial charge in [0, 0.05) is 11.1 Å². The lowest BCUT2D eigenvalue weighted by Crippen LogP contribution is -2.75. The SMILES string of the molecule is CCOc1ccc(C(=O)C[S+](C)(=O)C#Cc2ccccc2)cc1.FC(F)(F)c1cc([B-](c2cc(C(F)(F)F)cc(C(F)(F)F)c2)(c2cc(C(F)(F)F)cc(C(F)(F)F)c2)c2cc(C(F)(F)F)cc(C(F)(F)F)c2)cc(C(F)(F)F)c1. The molecule has 1 unspecified atom stereocenters. The predicted octanol–water partition coefficient (Wildman–Crippen LogP) is 14.6. The Morgan fingerprint density at radius 1 is 0.425 bits per heavy atom. The molecule has 0 amide bonds.